The maximum absolute atomic E-state index is 11.8. The number of esters is 1. The van der Waals surface area contributed by atoms with Crippen LogP contribution in [0.2, 0.25) is 5.02 Å². The molecule has 0 saturated carbocycles. The van der Waals surface area contributed by atoms with Crippen LogP contribution in [0.4, 0.5) is 5.69 Å². The number of anilines is 1. The Hall–Kier alpha value is -1.75. The highest BCUT2D eigenvalue weighted by Crippen LogP contribution is 2.34. The summed E-state index contributed by atoms with van der Waals surface area (Å²) in [6.07, 6.45) is 0.133. The molecular formula is C12H12ClNO4. The Kier molecular flexibility index (Phi) is 3.72. The summed E-state index contributed by atoms with van der Waals surface area (Å²) in [6.45, 7) is 0.220. The van der Waals surface area contributed by atoms with Gasteiger partial charge in [0, 0.05) is 11.6 Å². The van der Waals surface area contributed by atoms with Crippen LogP contribution in [-0.4, -0.2) is 32.1 Å². The van der Waals surface area contributed by atoms with E-state index in [1.54, 1.807) is 18.2 Å². The standard InChI is InChI=1S/C12H12ClNO4/c1-17-12(16)4-5-14-9-6-8(13)2-3-10(9)18-7-11(14)15/h2-3,6H,4-5,7H2,1H3. The van der Waals surface area contributed by atoms with Crippen LogP contribution in [0, 0.1) is 0 Å². The van der Waals surface area contributed by atoms with E-state index >= 15 is 0 Å². The van der Waals surface area contributed by atoms with Crippen molar-refractivity contribution in [2.24, 2.45) is 0 Å². The number of ether oxygens (including phenoxy) is 2. The van der Waals surface area contributed by atoms with Crippen LogP contribution < -0.4 is 9.64 Å². The van der Waals surface area contributed by atoms with Gasteiger partial charge in [-0.1, -0.05) is 11.6 Å². The number of nitrogens with zero attached hydrogens (tertiary/aromatic N) is 1. The van der Waals surface area contributed by atoms with E-state index in [1.165, 1.54) is 12.0 Å². The molecule has 0 aliphatic carbocycles. The molecule has 0 unspecified atom stereocenters. The number of hydrogen-bond acceptors (Lipinski definition) is 4. The molecule has 5 nitrogen and oxygen atoms in total. The summed E-state index contributed by atoms with van der Waals surface area (Å²) in [5, 5.41) is 0.509. The van der Waals surface area contributed by atoms with Gasteiger partial charge in [-0.2, -0.15) is 0 Å². The second kappa shape index (κ2) is 5.27. The molecular weight excluding hydrogens is 258 g/mol. The van der Waals surface area contributed by atoms with E-state index in [4.69, 9.17) is 16.3 Å². The summed E-state index contributed by atoms with van der Waals surface area (Å²) in [6, 6.07) is 5.04. The van der Waals surface area contributed by atoms with Crippen LogP contribution in [0.3, 0.4) is 0 Å². The number of hydrogen-bond donors (Lipinski definition) is 0. The maximum atomic E-state index is 11.8. The maximum Gasteiger partial charge on any atom is 0.307 e. The minimum Gasteiger partial charge on any atom is -0.482 e. The molecule has 1 aromatic rings. The number of fused-ring (bicyclic) bond motifs is 1. The normalized spacial score (nSPS) is 13.9. The average molecular weight is 270 g/mol. The van der Waals surface area contributed by atoms with Gasteiger partial charge in [-0.05, 0) is 18.2 Å². The highest BCUT2D eigenvalue weighted by atomic mass is 35.5. The van der Waals surface area contributed by atoms with Crippen molar-refractivity contribution < 1.29 is 19.1 Å². The number of rotatable bonds is 3. The summed E-state index contributed by atoms with van der Waals surface area (Å²) in [5.41, 5.74) is 0.586. The molecule has 1 aromatic carbocycles. The third-order valence-corrected chi connectivity index (χ3v) is 2.87. The molecule has 0 aromatic heterocycles. The molecule has 0 fully saturated rings. The van der Waals surface area contributed by atoms with Crippen molar-refractivity contribution in [3.63, 3.8) is 0 Å². The van der Waals surface area contributed by atoms with E-state index in [0.717, 1.165) is 0 Å². The van der Waals surface area contributed by atoms with Gasteiger partial charge in [-0.3, -0.25) is 9.59 Å². The fourth-order valence-corrected chi connectivity index (χ4v) is 1.89. The van der Waals surface area contributed by atoms with Crippen molar-refractivity contribution >= 4 is 29.2 Å². The molecule has 0 atom stereocenters. The Morgan fingerprint density at radius 3 is 3.06 bits per heavy atom. The molecule has 2 rings (SSSR count). The fraction of sp³-hybridized carbons (Fsp3) is 0.333. The van der Waals surface area contributed by atoms with Crippen LogP contribution in [-0.2, 0) is 14.3 Å². The van der Waals surface area contributed by atoms with E-state index < -0.39 is 0 Å². The minimum absolute atomic E-state index is 0.0319. The number of methoxy groups -OCH3 is 1. The third kappa shape index (κ3) is 2.56. The van der Waals surface area contributed by atoms with E-state index in [9.17, 15) is 9.59 Å². The van der Waals surface area contributed by atoms with Gasteiger partial charge in [-0.15, -0.1) is 0 Å². The number of benzene rings is 1. The smallest absolute Gasteiger partial charge is 0.307 e. The lowest BCUT2D eigenvalue weighted by atomic mass is 10.2. The number of carbonyl (C=O) groups excluding carboxylic acids is 2. The molecule has 1 heterocycles. The molecule has 96 valence electrons. The minimum atomic E-state index is -0.363. The highest BCUT2D eigenvalue weighted by molar-refractivity contribution is 6.31. The van der Waals surface area contributed by atoms with Gasteiger partial charge in [0.25, 0.3) is 5.91 Å². The van der Waals surface area contributed by atoms with Crippen LogP contribution >= 0.6 is 11.6 Å². The second-order valence-electron chi connectivity index (χ2n) is 3.77. The van der Waals surface area contributed by atoms with E-state index in [-0.39, 0.29) is 31.4 Å². The topological polar surface area (TPSA) is 55.8 Å². The molecule has 0 radical (unpaired) electrons. The van der Waals surface area contributed by atoms with Crippen LogP contribution in [0.1, 0.15) is 6.42 Å². The van der Waals surface area contributed by atoms with Crippen LogP contribution in [0.5, 0.6) is 5.75 Å². The first-order chi connectivity index (χ1) is 8.61. The summed E-state index contributed by atoms with van der Waals surface area (Å²) in [5.74, 6) is 0.0235. The zero-order valence-electron chi connectivity index (χ0n) is 9.81. The van der Waals surface area contributed by atoms with E-state index in [0.29, 0.717) is 16.5 Å². The largest absolute Gasteiger partial charge is 0.482 e. The fourth-order valence-electron chi connectivity index (χ4n) is 1.73. The Labute approximate surface area is 109 Å². The van der Waals surface area contributed by atoms with Crippen molar-refractivity contribution in [1.82, 2.24) is 0 Å². The van der Waals surface area contributed by atoms with Crippen molar-refractivity contribution in [3.8, 4) is 5.75 Å². The molecule has 0 bridgehead atoms. The summed E-state index contributed by atoms with van der Waals surface area (Å²) < 4.78 is 9.84. The number of halogens is 1. The molecule has 0 N–H and O–H groups in total. The molecule has 1 amide bonds. The molecule has 18 heavy (non-hydrogen) atoms. The van der Waals surface area contributed by atoms with Gasteiger partial charge in [0.15, 0.2) is 6.61 Å². The highest BCUT2D eigenvalue weighted by Gasteiger charge is 2.26. The summed E-state index contributed by atoms with van der Waals surface area (Å²) >= 11 is 5.89. The monoisotopic (exact) mass is 269 g/mol. The molecule has 0 spiro atoms. The van der Waals surface area contributed by atoms with Gasteiger partial charge in [0.05, 0.1) is 19.2 Å². The Morgan fingerprint density at radius 1 is 1.56 bits per heavy atom. The lowest BCUT2D eigenvalue weighted by Crippen LogP contribution is -2.40. The Bertz CT molecular complexity index is 489. The first-order valence-corrected chi connectivity index (χ1v) is 5.79. The average Bonchev–Trinajstić information content (AvgIpc) is 2.37. The first kappa shape index (κ1) is 12.7. The van der Waals surface area contributed by atoms with Crippen molar-refractivity contribution in [1.29, 1.82) is 0 Å². The first-order valence-electron chi connectivity index (χ1n) is 5.41. The van der Waals surface area contributed by atoms with E-state index in [1.807, 2.05) is 0 Å². The quantitative estimate of drug-likeness (QED) is 0.783. The lowest BCUT2D eigenvalue weighted by molar-refractivity contribution is -0.140. The van der Waals surface area contributed by atoms with Crippen molar-refractivity contribution in [3.05, 3.63) is 23.2 Å². The molecule has 1 aliphatic heterocycles. The lowest BCUT2D eigenvalue weighted by Gasteiger charge is -2.29. The molecule has 0 saturated heterocycles. The molecule has 6 heteroatoms. The molecule has 1 aliphatic rings. The number of amides is 1. The van der Waals surface area contributed by atoms with Crippen molar-refractivity contribution in [2.75, 3.05) is 25.2 Å². The second-order valence-corrected chi connectivity index (χ2v) is 4.21. The predicted octanol–water partition coefficient (Wildman–Crippen LogP) is 1.63. The zero-order valence-corrected chi connectivity index (χ0v) is 10.6. The van der Waals surface area contributed by atoms with Gasteiger partial charge in [-0.25, -0.2) is 0 Å². The van der Waals surface area contributed by atoms with Gasteiger partial charge in [0.1, 0.15) is 5.75 Å². The zero-order chi connectivity index (χ0) is 13.1. The van der Waals surface area contributed by atoms with Gasteiger partial charge in [0.2, 0.25) is 0 Å². The predicted molar refractivity (Wildman–Crippen MR) is 65.9 cm³/mol. The van der Waals surface area contributed by atoms with Gasteiger partial charge < -0.3 is 14.4 Å². The Balaban J connectivity index is 2.21. The summed E-state index contributed by atoms with van der Waals surface area (Å²) in [4.78, 5) is 24.4. The van der Waals surface area contributed by atoms with Gasteiger partial charge >= 0.3 is 5.97 Å². The SMILES string of the molecule is COC(=O)CCN1C(=O)COc2ccc(Cl)cc21. The third-order valence-electron chi connectivity index (χ3n) is 2.63. The van der Waals surface area contributed by atoms with Crippen LogP contribution in [0.25, 0.3) is 0 Å². The number of carbonyl (C=O) groups is 2. The van der Waals surface area contributed by atoms with Crippen molar-refractivity contribution in [2.45, 2.75) is 6.42 Å². The summed E-state index contributed by atoms with van der Waals surface area (Å²) in [7, 11) is 1.31. The van der Waals surface area contributed by atoms with Crippen LogP contribution in [0.15, 0.2) is 18.2 Å². The Morgan fingerprint density at radius 2 is 2.33 bits per heavy atom. The van der Waals surface area contributed by atoms with E-state index in [2.05, 4.69) is 4.74 Å².